The van der Waals surface area contributed by atoms with Crippen LogP contribution in [0, 0.1) is 37.0 Å². The molecule has 1 fully saturated rings. The van der Waals surface area contributed by atoms with Gasteiger partial charge in [-0.1, -0.05) is 23.8 Å². The molecule has 2 aliphatic rings. The van der Waals surface area contributed by atoms with Crippen LogP contribution in [0.4, 0.5) is 5.13 Å². The van der Waals surface area contributed by atoms with Gasteiger partial charge in [-0.3, -0.25) is 9.59 Å². The molecule has 0 saturated carbocycles. The van der Waals surface area contributed by atoms with Crippen molar-refractivity contribution < 1.29 is 19.4 Å². The smallest absolute Gasteiger partial charge is 0.311 e. The number of carboxylic acids is 1. The maximum Gasteiger partial charge on any atom is 0.311 e. The van der Waals surface area contributed by atoms with Crippen LogP contribution in [-0.4, -0.2) is 53.5 Å². The number of fused-ring (bicyclic) bond motifs is 2. The first-order valence-corrected chi connectivity index (χ1v) is 13.7. The fourth-order valence-corrected chi connectivity index (χ4v) is 6.17. The molecule has 9 heteroatoms. The number of aromatic nitrogens is 1. The summed E-state index contributed by atoms with van der Waals surface area (Å²) in [6.45, 7) is 5.63. The van der Waals surface area contributed by atoms with Crippen LogP contribution in [0.2, 0.25) is 0 Å². The van der Waals surface area contributed by atoms with E-state index in [1.165, 1.54) is 4.90 Å². The maximum absolute atomic E-state index is 12.5. The molecule has 1 amide bonds. The van der Waals surface area contributed by atoms with Crippen molar-refractivity contribution in [3.05, 3.63) is 75.7 Å². The summed E-state index contributed by atoms with van der Waals surface area (Å²) in [5.41, 5.74) is 6.25. The highest BCUT2D eigenvalue weighted by Crippen LogP contribution is 2.41. The monoisotopic (exact) mass is 542 g/mol. The third-order valence-corrected chi connectivity index (χ3v) is 8.35. The van der Waals surface area contributed by atoms with E-state index in [1.54, 1.807) is 24.5 Å². The number of rotatable bonds is 8. The van der Waals surface area contributed by atoms with Crippen LogP contribution in [0.15, 0.2) is 53.4 Å². The van der Waals surface area contributed by atoms with Gasteiger partial charge in [0, 0.05) is 36.6 Å². The van der Waals surface area contributed by atoms with Gasteiger partial charge in [0.05, 0.1) is 17.7 Å². The number of hydrogen-bond acceptors (Lipinski definition) is 7. The molecule has 8 nitrogen and oxygen atoms in total. The number of aryl methyl sites for hydroxylation is 2. The van der Waals surface area contributed by atoms with Crippen molar-refractivity contribution in [2.45, 2.75) is 26.9 Å². The SMILES string of the molecule is Cc1ccc(OCc2ccc(C(=O)N(C)CC#N)cc2C)c(-c2csc(N3CC4=CC[C@H](C3)[C@@H]4C(=O)O)n2)c1. The summed E-state index contributed by atoms with van der Waals surface area (Å²) in [4.78, 5) is 32.7. The van der Waals surface area contributed by atoms with E-state index in [0.29, 0.717) is 25.3 Å². The molecule has 1 aromatic heterocycles. The number of ether oxygens (including phenoxy) is 1. The van der Waals surface area contributed by atoms with Gasteiger partial charge in [-0.15, -0.1) is 11.3 Å². The number of nitriles is 1. The first-order chi connectivity index (χ1) is 18.7. The molecular formula is C30H30N4O4S. The molecule has 0 radical (unpaired) electrons. The number of thiazole rings is 1. The molecule has 0 spiro atoms. The Labute approximate surface area is 231 Å². The van der Waals surface area contributed by atoms with Crippen molar-refractivity contribution in [2.24, 2.45) is 11.8 Å². The molecule has 2 bridgehead atoms. The second kappa shape index (κ2) is 10.9. The van der Waals surface area contributed by atoms with Gasteiger partial charge in [-0.05, 0) is 67.2 Å². The summed E-state index contributed by atoms with van der Waals surface area (Å²) in [6.07, 6.45) is 2.89. The van der Waals surface area contributed by atoms with Crippen molar-refractivity contribution in [2.75, 3.05) is 31.6 Å². The molecule has 39 heavy (non-hydrogen) atoms. The fraction of sp³-hybridized carbons (Fsp3) is 0.333. The van der Waals surface area contributed by atoms with E-state index in [2.05, 4.69) is 17.0 Å². The molecule has 0 unspecified atom stereocenters. The van der Waals surface area contributed by atoms with Crippen LogP contribution in [0.5, 0.6) is 5.75 Å². The highest BCUT2D eigenvalue weighted by atomic mass is 32.1. The van der Waals surface area contributed by atoms with Crippen molar-refractivity contribution in [3.63, 3.8) is 0 Å². The summed E-state index contributed by atoms with van der Waals surface area (Å²) in [7, 11) is 1.61. The lowest BCUT2D eigenvalue weighted by atomic mass is 9.87. The predicted octanol–water partition coefficient (Wildman–Crippen LogP) is 5.07. The Morgan fingerprint density at radius 1 is 1.26 bits per heavy atom. The summed E-state index contributed by atoms with van der Waals surface area (Å²) in [5, 5.41) is 21.4. The molecule has 200 valence electrons. The quantitative estimate of drug-likeness (QED) is 0.313. The second-order valence-electron chi connectivity index (χ2n) is 10.2. The highest BCUT2D eigenvalue weighted by Gasteiger charge is 2.41. The fourth-order valence-electron chi connectivity index (χ4n) is 5.33. The van der Waals surface area contributed by atoms with Crippen LogP contribution >= 0.6 is 11.3 Å². The Morgan fingerprint density at radius 2 is 2.08 bits per heavy atom. The molecule has 2 atom stereocenters. The molecule has 1 aliphatic heterocycles. The van der Waals surface area contributed by atoms with Crippen LogP contribution in [0.1, 0.15) is 33.5 Å². The number of carbonyl (C=O) groups excluding carboxylic acids is 1. The van der Waals surface area contributed by atoms with Gasteiger partial charge in [0.1, 0.15) is 18.9 Å². The molecule has 3 aromatic rings. The molecule has 1 aliphatic carbocycles. The molecular weight excluding hydrogens is 512 g/mol. The van der Waals surface area contributed by atoms with Gasteiger partial charge >= 0.3 is 5.97 Å². The standard InChI is InChI=1S/C30H30N4O4S/c1-18-4-9-26(38-16-23-8-5-20(13-19(23)2)28(35)33(3)11-10-31)24(12-18)25-17-39-30(32-25)34-14-21-6-7-22(15-34)27(21)29(36)37/h4-6,8-9,12-13,17,22,27H,7,11,14-16H2,1-3H3,(H,36,37)/t22-,27-/m1/s1. The Balaban J connectivity index is 1.32. The van der Waals surface area contributed by atoms with Gasteiger partial charge in [-0.2, -0.15) is 5.26 Å². The Kier molecular flexibility index (Phi) is 7.40. The van der Waals surface area contributed by atoms with Crippen LogP contribution in [-0.2, 0) is 11.4 Å². The average Bonchev–Trinajstić information content (AvgIpc) is 3.51. The number of allylic oxidation sites excluding steroid dienone is 1. The van der Waals surface area contributed by atoms with E-state index >= 15 is 0 Å². The molecule has 2 aromatic carbocycles. The summed E-state index contributed by atoms with van der Waals surface area (Å²) in [5.74, 6) is -0.478. The largest absolute Gasteiger partial charge is 0.488 e. The van der Waals surface area contributed by atoms with Crippen LogP contribution in [0.25, 0.3) is 11.3 Å². The third kappa shape index (κ3) is 5.38. The zero-order valence-electron chi connectivity index (χ0n) is 22.2. The number of carboxylic acid groups (broad SMARTS) is 1. The summed E-state index contributed by atoms with van der Waals surface area (Å²) in [6, 6.07) is 13.5. The number of piperidine rings is 1. The van der Waals surface area contributed by atoms with E-state index in [4.69, 9.17) is 15.0 Å². The first-order valence-electron chi connectivity index (χ1n) is 12.8. The topological polar surface area (TPSA) is 107 Å². The molecule has 2 heterocycles. The van der Waals surface area contributed by atoms with Crippen molar-refractivity contribution in [3.8, 4) is 23.1 Å². The molecule has 1 saturated heterocycles. The number of nitrogens with zero attached hydrogens (tertiary/aromatic N) is 4. The summed E-state index contributed by atoms with van der Waals surface area (Å²) >= 11 is 1.56. The van der Waals surface area contributed by atoms with E-state index in [0.717, 1.165) is 50.8 Å². The Morgan fingerprint density at radius 3 is 2.79 bits per heavy atom. The van der Waals surface area contributed by atoms with E-state index in [1.807, 2.05) is 49.6 Å². The minimum absolute atomic E-state index is 0.0380. The lowest BCUT2D eigenvalue weighted by Gasteiger charge is -2.34. The first kappa shape index (κ1) is 26.4. The van der Waals surface area contributed by atoms with Gasteiger partial charge in [-0.25, -0.2) is 4.98 Å². The lowest BCUT2D eigenvalue weighted by molar-refractivity contribution is -0.141. The average molecular weight is 543 g/mol. The molecule has 5 rings (SSSR count). The normalized spacial score (nSPS) is 17.9. The molecule has 1 N–H and O–H groups in total. The third-order valence-electron chi connectivity index (χ3n) is 7.45. The summed E-state index contributed by atoms with van der Waals surface area (Å²) < 4.78 is 6.28. The van der Waals surface area contributed by atoms with Gasteiger partial charge < -0.3 is 19.6 Å². The van der Waals surface area contributed by atoms with E-state index < -0.39 is 5.97 Å². The van der Waals surface area contributed by atoms with Crippen molar-refractivity contribution in [1.29, 1.82) is 5.26 Å². The highest BCUT2D eigenvalue weighted by molar-refractivity contribution is 7.14. The number of carbonyl (C=O) groups is 2. The van der Waals surface area contributed by atoms with Gasteiger partial charge in [0.15, 0.2) is 5.13 Å². The van der Waals surface area contributed by atoms with Crippen molar-refractivity contribution in [1.82, 2.24) is 9.88 Å². The van der Waals surface area contributed by atoms with E-state index in [-0.39, 0.29) is 24.3 Å². The van der Waals surface area contributed by atoms with Crippen LogP contribution in [0.3, 0.4) is 0 Å². The maximum atomic E-state index is 12.5. The predicted molar refractivity (Wildman–Crippen MR) is 150 cm³/mol. The number of anilines is 1. The minimum Gasteiger partial charge on any atom is -0.488 e. The second-order valence-corrected chi connectivity index (χ2v) is 11.1. The van der Waals surface area contributed by atoms with Gasteiger partial charge in [0.2, 0.25) is 0 Å². The number of amides is 1. The lowest BCUT2D eigenvalue weighted by Crippen LogP contribution is -2.42. The van der Waals surface area contributed by atoms with E-state index in [9.17, 15) is 14.7 Å². The Bertz CT molecular complexity index is 1500. The minimum atomic E-state index is -0.729. The number of aliphatic carboxylic acids is 1. The number of benzene rings is 2. The van der Waals surface area contributed by atoms with Crippen LogP contribution < -0.4 is 9.64 Å². The zero-order valence-corrected chi connectivity index (χ0v) is 23.0. The van der Waals surface area contributed by atoms with Gasteiger partial charge in [0.25, 0.3) is 5.91 Å². The number of hydrogen-bond donors (Lipinski definition) is 1. The zero-order chi connectivity index (χ0) is 27.7. The van der Waals surface area contributed by atoms with Crippen molar-refractivity contribution >= 4 is 28.3 Å². The Hall–Kier alpha value is -4.16.